The quantitative estimate of drug-likeness (QED) is 0.447. The van der Waals surface area contributed by atoms with E-state index in [1.54, 1.807) is 25.1 Å². The van der Waals surface area contributed by atoms with E-state index in [0.29, 0.717) is 12.3 Å². The number of nitrogen functional groups attached to an aromatic ring is 1. The Morgan fingerprint density at radius 2 is 2.05 bits per heavy atom. The number of phenols is 1. The summed E-state index contributed by atoms with van der Waals surface area (Å²) in [7, 11) is 1.92. The number of anilines is 1. The van der Waals surface area contributed by atoms with Crippen molar-refractivity contribution in [3.8, 4) is 5.75 Å². The summed E-state index contributed by atoms with van der Waals surface area (Å²) >= 11 is 0. The van der Waals surface area contributed by atoms with Crippen LogP contribution >= 0.6 is 0 Å². The number of benzene rings is 1. The van der Waals surface area contributed by atoms with Crippen LogP contribution in [-0.2, 0) is 6.54 Å². The Bertz CT molecular complexity index is 605. The molecule has 0 aliphatic heterocycles. The van der Waals surface area contributed by atoms with E-state index in [1.807, 2.05) is 29.5 Å². The number of rotatable bonds is 4. The zero-order valence-corrected chi connectivity index (χ0v) is 11.4. The molecule has 1 heterocycles. The smallest absolute Gasteiger partial charge is 0.300 e. The molecule has 2 rings (SSSR count). The van der Waals surface area contributed by atoms with Crippen LogP contribution in [0.25, 0.3) is 0 Å². The first-order valence-electron chi connectivity index (χ1n) is 6.11. The number of nitrogens with one attached hydrogen (secondary N) is 1. The summed E-state index contributed by atoms with van der Waals surface area (Å²) in [6.07, 6.45) is 0. The first-order chi connectivity index (χ1) is 9.51. The number of phenolic OH excluding ortho intramolecular Hbond substituents is 1. The number of nitrogens with zero attached hydrogens (tertiary/aromatic N) is 1. The second kappa shape index (κ2) is 5.66. The average Bonchev–Trinajstić information content (AvgIpc) is 2.80. The normalized spacial score (nSPS) is 10.3. The Labute approximate surface area is 116 Å². The number of hydrogen-bond donors (Lipinski definition) is 3. The molecule has 0 bridgehead atoms. The van der Waals surface area contributed by atoms with E-state index in [1.165, 1.54) is 0 Å². The topological polar surface area (TPSA) is 91.7 Å². The lowest BCUT2D eigenvalue weighted by atomic mass is 10.2. The minimum atomic E-state index is -0.452. The minimum absolute atomic E-state index is 0.194. The van der Waals surface area contributed by atoms with Crippen molar-refractivity contribution in [3.05, 3.63) is 47.4 Å². The fourth-order valence-electron chi connectivity index (χ4n) is 1.91. The molecule has 0 saturated heterocycles. The number of furan rings is 1. The maximum absolute atomic E-state index is 11.4. The highest BCUT2D eigenvalue weighted by Gasteiger charge is 2.14. The lowest BCUT2D eigenvalue weighted by Gasteiger charge is -2.18. The van der Waals surface area contributed by atoms with Crippen molar-refractivity contribution in [3.63, 3.8) is 0 Å². The predicted octanol–water partition coefficient (Wildman–Crippen LogP) is 1.53. The number of carbonyl (C=O) groups excluding carboxylic acids is 1. The van der Waals surface area contributed by atoms with E-state index in [2.05, 4.69) is 0 Å². The molecule has 1 amide bonds. The first-order valence-corrected chi connectivity index (χ1v) is 6.11. The standard InChI is InChI=1S/C14H17N3O3/c1-9-10(7-13(20-9)14(19)16-15)8-17(2)11-3-5-12(18)6-4-11/h3-7,18H,8,15H2,1-2H3,(H,16,19). The van der Waals surface area contributed by atoms with Crippen molar-refractivity contribution in [2.24, 2.45) is 5.84 Å². The minimum Gasteiger partial charge on any atom is -0.508 e. The van der Waals surface area contributed by atoms with E-state index < -0.39 is 5.91 Å². The lowest BCUT2D eigenvalue weighted by Crippen LogP contribution is -2.29. The van der Waals surface area contributed by atoms with Crippen LogP contribution in [0.2, 0.25) is 0 Å². The van der Waals surface area contributed by atoms with Gasteiger partial charge in [0.2, 0.25) is 0 Å². The van der Waals surface area contributed by atoms with Gasteiger partial charge in [-0.05, 0) is 37.3 Å². The third kappa shape index (κ3) is 2.92. The summed E-state index contributed by atoms with van der Waals surface area (Å²) in [4.78, 5) is 13.4. The highest BCUT2D eigenvalue weighted by atomic mass is 16.4. The van der Waals surface area contributed by atoms with E-state index in [9.17, 15) is 9.90 Å². The maximum atomic E-state index is 11.4. The van der Waals surface area contributed by atoms with Crippen molar-refractivity contribution in [1.82, 2.24) is 5.43 Å². The first kappa shape index (κ1) is 14.0. The van der Waals surface area contributed by atoms with Crippen LogP contribution in [-0.4, -0.2) is 18.1 Å². The molecule has 2 aromatic rings. The summed E-state index contributed by atoms with van der Waals surface area (Å²) in [5.74, 6) is 5.72. The molecule has 0 aliphatic carbocycles. The molecule has 106 valence electrons. The summed E-state index contributed by atoms with van der Waals surface area (Å²) in [6, 6.07) is 8.56. The van der Waals surface area contributed by atoms with Gasteiger partial charge in [-0.25, -0.2) is 5.84 Å². The van der Waals surface area contributed by atoms with Gasteiger partial charge >= 0.3 is 5.91 Å². The lowest BCUT2D eigenvalue weighted by molar-refractivity contribution is 0.0924. The number of amides is 1. The highest BCUT2D eigenvalue weighted by molar-refractivity contribution is 5.91. The van der Waals surface area contributed by atoms with Crippen LogP contribution in [0.5, 0.6) is 5.75 Å². The molecule has 0 aliphatic rings. The van der Waals surface area contributed by atoms with Gasteiger partial charge in [-0.2, -0.15) is 0 Å². The van der Waals surface area contributed by atoms with Crippen molar-refractivity contribution < 1.29 is 14.3 Å². The van der Waals surface area contributed by atoms with Crippen LogP contribution in [0.4, 0.5) is 5.69 Å². The van der Waals surface area contributed by atoms with Gasteiger partial charge in [0.05, 0.1) is 0 Å². The number of hydrazine groups is 1. The Balaban J connectivity index is 2.15. The fraction of sp³-hybridized carbons (Fsp3) is 0.214. The number of carbonyl (C=O) groups is 1. The molecule has 0 saturated carbocycles. The maximum Gasteiger partial charge on any atom is 0.300 e. The van der Waals surface area contributed by atoms with Crippen molar-refractivity contribution in [2.75, 3.05) is 11.9 Å². The second-order valence-corrected chi connectivity index (χ2v) is 4.54. The third-order valence-electron chi connectivity index (χ3n) is 3.07. The Morgan fingerprint density at radius 1 is 1.40 bits per heavy atom. The van der Waals surface area contributed by atoms with Gasteiger partial charge in [0.25, 0.3) is 0 Å². The molecule has 0 radical (unpaired) electrons. The molecule has 0 fully saturated rings. The van der Waals surface area contributed by atoms with Crippen LogP contribution < -0.4 is 16.2 Å². The molecule has 1 aromatic heterocycles. The molecule has 0 unspecified atom stereocenters. The molecule has 20 heavy (non-hydrogen) atoms. The van der Waals surface area contributed by atoms with E-state index in [4.69, 9.17) is 10.3 Å². The average molecular weight is 275 g/mol. The molecular weight excluding hydrogens is 258 g/mol. The summed E-state index contributed by atoms with van der Waals surface area (Å²) in [6.45, 7) is 2.38. The number of nitrogens with two attached hydrogens (primary N) is 1. The molecule has 1 aromatic carbocycles. The molecule has 4 N–H and O–H groups in total. The summed E-state index contributed by atoms with van der Waals surface area (Å²) < 4.78 is 5.36. The molecular formula is C14H17N3O3. The number of aromatic hydroxyl groups is 1. The van der Waals surface area contributed by atoms with E-state index >= 15 is 0 Å². The van der Waals surface area contributed by atoms with Gasteiger partial charge in [0.15, 0.2) is 5.76 Å². The van der Waals surface area contributed by atoms with Crippen LogP contribution in [0, 0.1) is 6.92 Å². The highest BCUT2D eigenvalue weighted by Crippen LogP contribution is 2.22. The Kier molecular flexibility index (Phi) is 3.95. The van der Waals surface area contributed by atoms with Crippen LogP contribution in [0.1, 0.15) is 21.9 Å². The summed E-state index contributed by atoms with van der Waals surface area (Å²) in [5.41, 5.74) is 3.89. The van der Waals surface area contributed by atoms with Gasteiger partial charge in [-0.3, -0.25) is 10.2 Å². The van der Waals surface area contributed by atoms with E-state index in [0.717, 1.165) is 11.3 Å². The zero-order chi connectivity index (χ0) is 14.7. The largest absolute Gasteiger partial charge is 0.508 e. The van der Waals surface area contributed by atoms with E-state index in [-0.39, 0.29) is 11.5 Å². The molecule has 6 heteroatoms. The zero-order valence-electron chi connectivity index (χ0n) is 11.4. The Morgan fingerprint density at radius 3 is 2.65 bits per heavy atom. The van der Waals surface area contributed by atoms with Crippen molar-refractivity contribution in [2.45, 2.75) is 13.5 Å². The second-order valence-electron chi connectivity index (χ2n) is 4.54. The number of hydrogen-bond acceptors (Lipinski definition) is 5. The van der Waals surface area contributed by atoms with Crippen molar-refractivity contribution in [1.29, 1.82) is 0 Å². The van der Waals surface area contributed by atoms with Gasteiger partial charge in [0, 0.05) is 24.8 Å². The predicted molar refractivity (Wildman–Crippen MR) is 75.3 cm³/mol. The Hall–Kier alpha value is -2.47. The molecule has 0 atom stereocenters. The third-order valence-corrected chi connectivity index (χ3v) is 3.07. The van der Waals surface area contributed by atoms with Gasteiger partial charge in [-0.15, -0.1) is 0 Å². The van der Waals surface area contributed by atoms with Crippen molar-refractivity contribution >= 4 is 11.6 Å². The SMILES string of the molecule is Cc1oc(C(=O)NN)cc1CN(C)c1ccc(O)cc1. The summed E-state index contributed by atoms with van der Waals surface area (Å²) in [5, 5.41) is 9.27. The van der Waals surface area contributed by atoms with Crippen LogP contribution in [0.15, 0.2) is 34.7 Å². The molecule has 0 spiro atoms. The fourth-order valence-corrected chi connectivity index (χ4v) is 1.91. The monoisotopic (exact) mass is 275 g/mol. The molecule has 6 nitrogen and oxygen atoms in total. The number of aryl methyl sites for hydroxylation is 1. The van der Waals surface area contributed by atoms with Gasteiger partial charge < -0.3 is 14.4 Å². The van der Waals surface area contributed by atoms with Gasteiger partial charge in [0.1, 0.15) is 11.5 Å². The van der Waals surface area contributed by atoms with Crippen LogP contribution in [0.3, 0.4) is 0 Å². The van der Waals surface area contributed by atoms with Gasteiger partial charge in [-0.1, -0.05) is 0 Å².